The Kier molecular flexibility index (Phi) is 0.894. The number of nitrogens with zero attached hydrogens (tertiary/aromatic N) is 1. The summed E-state index contributed by atoms with van der Waals surface area (Å²) in [4.78, 5) is 0. The Morgan fingerprint density at radius 1 is 1.83 bits per heavy atom. The van der Waals surface area contributed by atoms with Crippen LogP contribution >= 0.6 is 12.1 Å². The molecule has 0 amide bonds. The van der Waals surface area contributed by atoms with Crippen LogP contribution in [0.15, 0.2) is 12.4 Å². The Morgan fingerprint density at radius 3 is 2.83 bits per heavy atom. The highest BCUT2D eigenvalue weighted by atomic mass is 32.2. The molecule has 0 aromatic carbocycles. The second kappa shape index (κ2) is 1.40. The summed E-state index contributed by atoms with van der Waals surface area (Å²) in [5.74, 6) is 0. The molecule has 0 bridgehead atoms. The molecule has 0 aromatic heterocycles. The first-order chi connectivity index (χ1) is 2.89. The molecule has 0 aromatic rings. The van der Waals surface area contributed by atoms with Crippen LogP contribution in [0.25, 0.3) is 0 Å². The lowest BCUT2D eigenvalue weighted by Crippen LogP contribution is -1.96. The summed E-state index contributed by atoms with van der Waals surface area (Å²) >= 11 is 1.12. The summed E-state index contributed by atoms with van der Waals surface area (Å²) < 4.78 is 3.67. The molecule has 0 saturated heterocycles. The SMILES string of the molecule is ON1C=CNS1. The molecule has 34 valence electrons. The van der Waals surface area contributed by atoms with E-state index >= 15 is 0 Å². The third kappa shape index (κ3) is 0.580. The summed E-state index contributed by atoms with van der Waals surface area (Å²) in [6.07, 6.45) is 3.16. The lowest BCUT2D eigenvalue weighted by atomic mass is 11.0. The second-order valence-corrected chi connectivity index (χ2v) is 1.62. The van der Waals surface area contributed by atoms with Crippen molar-refractivity contribution in [3.63, 3.8) is 0 Å². The van der Waals surface area contributed by atoms with Crippen LogP contribution in [-0.4, -0.2) is 9.68 Å². The van der Waals surface area contributed by atoms with Gasteiger partial charge in [0.1, 0.15) is 0 Å². The highest BCUT2D eigenvalue weighted by Crippen LogP contribution is 2.05. The largest absolute Gasteiger partial charge is 0.316 e. The molecule has 2 N–H and O–H groups in total. The van der Waals surface area contributed by atoms with Gasteiger partial charge in [-0.3, -0.25) is 5.21 Å². The Balaban J connectivity index is 2.38. The first-order valence-electron chi connectivity index (χ1n) is 1.47. The average Bonchev–Trinajstić information content (AvgIpc) is 1.86. The zero-order valence-electron chi connectivity index (χ0n) is 2.96. The van der Waals surface area contributed by atoms with E-state index in [1.807, 2.05) is 0 Å². The van der Waals surface area contributed by atoms with Crippen molar-refractivity contribution in [1.29, 1.82) is 0 Å². The maximum absolute atomic E-state index is 8.38. The minimum Gasteiger partial charge on any atom is -0.316 e. The van der Waals surface area contributed by atoms with Crippen LogP contribution < -0.4 is 4.72 Å². The van der Waals surface area contributed by atoms with E-state index in [1.54, 1.807) is 6.20 Å². The van der Waals surface area contributed by atoms with Gasteiger partial charge in [-0.05, 0) is 0 Å². The van der Waals surface area contributed by atoms with Crippen molar-refractivity contribution in [2.75, 3.05) is 0 Å². The molecule has 0 spiro atoms. The minimum atomic E-state index is 0.986. The van der Waals surface area contributed by atoms with Crippen LogP contribution in [0.5, 0.6) is 0 Å². The predicted molar refractivity (Wildman–Crippen MR) is 23.5 cm³/mol. The minimum absolute atomic E-state index is 0.986. The molecule has 0 atom stereocenters. The molecular weight excluding hydrogens is 100 g/mol. The monoisotopic (exact) mass is 104 g/mol. The molecule has 0 fully saturated rings. The third-order valence-electron chi connectivity index (χ3n) is 0.416. The molecular formula is C2H4N2OS. The Bertz CT molecular complexity index is 73.9. The van der Waals surface area contributed by atoms with Crippen LogP contribution in [0, 0.1) is 0 Å². The molecule has 3 nitrogen and oxygen atoms in total. The molecule has 1 heterocycles. The van der Waals surface area contributed by atoms with E-state index in [2.05, 4.69) is 4.72 Å². The van der Waals surface area contributed by atoms with Gasteiger partial charge in [-0.15, -0.1) is 0 Å². The van der Waals surface area contributed by atoms with E-state index < -0.39 is 0 Å². The molecule has 1 aliphatic rings. The first kappa shape index (κ1) is 3.83. The second-order valence-electron chi connectivity index (χ2n) is 0.827. The van der Waals surface area contributed by atoms with Gasteiger partial charge in [-0.25, -0.2) is 0 Å². The molecule has 4 heteroatoms. The van der Waals surface area contributed by atoms with Gasteiger partial charge >= 0.3 is 0 Å². The Hall–Kier alpha value is -0.350. The molecule has 0 radical (unpaired) electrons. The lowest BCUT2D eigenvalue weighted by Gasteiger charge is -1.96. The topological polar surface area (TPSA) is 35.5 Å². The fraction of sp³-hybridized carbons (Fsp3) is 0. The van der Waals surface area contributed by atoms with E-state index in [-0.39, 0.29) is 0 Å². The summed E-state index contributed by atoms with van der Waals surface area (Å²) in [7, 11) is 0. The summed E-state index contributed by atoms with van der Waals surface area (Å²) in [6.45, 7) is 0. The van der Waals surface area contributed by atoms with Crippen LogP contribution in [0.2, 0.25) is 0 Å². The molecule has 1 aliphatic heterocycles. The van der Waals surface area contributed by atoms with Crippen LogP contribution in [-0.2, 0) is 0 Å². The number of rotatable bonds is 0. The standard InChI is InChI=1S/C2H4N2OS/c5-4-2-1-3-6-4/h1-3,5H. The summed E-state index contributed by atoms with van der Waals surface area (Å²) in [6, 6.07) is 0. The summed E-state index contributed by atoms with van der Waals surface area (Å²) in [5, 5.41) is 8.38. The van der Waals surface area contributed by atoms with Crippen molar-refractivity contribution < 1.29 is 5.21 Å². The fourth-order valence-corrected chi connectivity index (χ4v) is 0.560. The van der Waals surface area contributed by atoms with E-state index in [0.717, 1.165) is 16.6 Å². The van der Waals surface area contributed by atoms with Gasteiger partial charge in [0.25, 0.3) is 0 Å². The smallest absolute Gasteiger partial charge is 0.0942 e. The zero-order chi connectivity index (χ0) is 4.41. The van der Waals surface area contributed by atoms with E-state index in [0.29, 0.717) is 0 Å². The number of hydrogen-bond acceptors (Lipinski definition) is 4. The predicted octanol–water partition coefficient (Wildman–Crippen LogP) is 0.315. The molecule has 0 unspecified atom stereocenters. The van der Waals surface area contributed by atoms with Crippen LogP contribution in [0.4, 0.5) is 0 Å². The normalized spacial score (nSPS) is 18.5. The molecule has 0 aliphatic carbocycles. The van der Waals surface area contributed by atoms with Crippen molar-refractivity contribution in [1.82, 2.24) is 9.19 Å². The highest BCUT2D eigenvalue weighted by Gasteiger charge is 1.95. The van der Waals surface area contributed by atoms with Gasteiger partial charge in [-0.1, -0.05) is 0 Å². The van der Waals surface area contributed by atoms with Gasteiger partial charge in [-0.2, -0.15) is 4.47 Å². The van der Waals surface area contributed by atoms with Crippen LogP contribution in [0.3, 0.4) is 0 Å². The fourth-order valence-electron chi connectivity index (χ4n) is 0.209. The van der Waals surface area contributed by atoms with Crippen LogP contribution in [0.1, 0.15) is 0 Å². The molecule has 1 rings (SSSR count). The van der Waals surface area contributed by atoms with Crippen molar-refractivity contribution >= 4 is 12.1 Å². The van der Waals surface area contributed by atoms with Gasteiger partial charge in [0, 0.05) is 6.20 Å². The number of nitrogens with one attached hydrogen (secondary N) is 1. The number of hydroxylamine groups is 1. The Morgan fingerprint density at radius 2 is 2.67 bits per heavy atom. The van der Waals surface area contributed by atoms with Gasteiger partial charge in [0.05, 0.1) is 18.3 Å². The third-order valence-corrected chi connectivity index (χ3v) is 0.967. The quantitative estimate of drug-likeness (QED) is 0.434. The molecule has 0 saturated carbocycles. The van der Waals surface area contributed by atoms with Crippen molar-refractivity contribution in [3.05, 3.63) is 12.4 Å². The van der Waals surface area contributed by atoms with Gasteiger partial charge in [0.2, 0.25) is 0 Å². The van der Waals surface area contributed by atoms with Gasteiger partial charge in [0.15, 0.2) is 0 Å². The number of hydrogen-bond donors (Lipinski definition) is 2. The maximum atomic E-state index is 8.38. The van der Waals surface area contributed by atoms with E-state index in [1.165, 1.54) is 6.20 Å². The van der Waals surface area contributed by atoms with Crippen molar-refractivity contribution in [3.8, 4) is 0 Å². The first-order valence-corrected chi connectivity index (χ1v) is 2.24. The maximum Gasteiger partial charge on any atom is 0.0942 e. The van der Waals surface area contributed by atoms with E-state index in [9.17, 15) is 0 Å². The average molecular weight is 104 g/mol. The Labute approximate surface area is 39.9 Å². The van der Waals surface area contributed by atoms with Gasteiger partial charge < -0.3 is 4.72 Å². The highest BCUT2D eigenvalue weighted by molar-refractivity contribution is 7.95. The molecule has 6 heavy (non-hydrogen) atoms. The van der Waals surface area contributed by atoms with Crippen molar-refractivity contribution in [2.45, 2.75) is 0 Å². The lowest BCUT2D eigenvalue weighted by molar-refractivity contribution is 0.0715. The zero-order valence-corrected chi connectivity index (χ0v) is 3.77. The van der Waals surface area contributed by atoms with E-state index in [4.69, 9.17) is 5.21 Å². The van der Waals surface area contributed by atoms with Crippen molar-refractivity contribution in [2.24, 2.45) is 0 Å². The summed E-state index contributed by atoms with van der Waals surface area (Å²) in [5.41, 5.74) is 0.